The fourth-order valence-corrected chi connectivity index (χ4v) is 6.37. The minimum Gasteiger partial charge on any atom is -0.350 e. The number of amides is 1. The van der Waals surface area contributed by atoms with Crippen LogP contribution in [0.5, 0.6) is 0 Å². The van der Waals surface area contributed by atoms with Crippen LogP contribution < -0.4 is 5.32 Å². The maximum absolute atomic E-state index is 12.1. The quantitative estimate of drug-likeness (QED) is 0.577. The zero-order chi connectivity index (χ0) is 16.9. The summed E-state index contributed by atoms with van der Waals surface area (Å²) in [4.78, 5) is 12.1. The highest BCUT2D eigenvalue weighted by Crippen LogP contribution is 2.45. The maximum Gasteiger partial charge on any atom is 0.230 e. The first-order valence-electron chi connectivity index (χ1n) is 8.14. The van der Waals surface area contributed by atoms with E-state index in [9.17, 15) is 13.2 Å². The van der Waals surface area contributed by atoms with Crippen LogP contribution in [0.15, 0.2) is 5.16 Å². The number of aromatic nitrogens is 3. The number of alkyl halides is 1. The van der Waals surface area contributed by atoms with Crippen LogP contribution in [0.3, 0.4) is 0 Å². The molecular formula is C14H19ClN4O3S2. The number of halogens is 1. The van der Waals surface area contributed by atoms with E-state index in [-0.39, 0.29) is 23.2 Å². The van der Waals surface area contributed by atoms with Crippen molar-refractivity contribution in [1.82, 2.24) is 20.1 Å². The van der Waals surface area contributed by atoms with Crippen LogP contribution in [-0.4, -0.2) is 57.8 Å². The zero-order valence-corrected chi connectivity index (χ0v) is 15.4. The molecule has 0 spiro atoms. The summed E-state index contributed by atoms with van der Waals surface area (Å²) < 4.78 is 25.3. The average Bonchev–Trinajstić information content (AvgIpc) is 3.42. The van der Waals surface area contributed by atoms with Gasteiger partial charge in [-0.05, 0) is 25.7 Å². The van der Waals surface area contributed by atoms with Gasteiger partial charge in [-0.1, -0.05) is 11.8 Å². The Balaban J connectivity index is 1.36. The Morgan fingerprint density at radius 3 is 2.58 bits per heavy atom. The summed E-state index contributed by atoms with van der Waals surface area (Å²) in [6, 6.07) is -0.0264. The fourth-order valence-electron chi connectivity index (χ4n) is 3.00. The summed E-state index contributed by atoms with van der Waals surface area (Å²) >= 11 is 7.38. The molecule has 3 aliphatic rings. The molecule has 2 aliphatic carbocycles. The van der Waals surface area contributed by atoms with Crippen LogP contribution in [0.2, 0.25) is 0 Å². The molecule has 2 atom stereocenters. The van der Waals surface area contributed by atoms with Crippen molar-refractivity contribution >= 4 is 39.1 Å². The second-order valence-electron chi connectivity index (χ2n) is 6.77. The molecule has 10 heteroatoms. The predicted molar refractivity (Wildman–Crippen MR) is 91.2 cm³/mol. The lowest BCUT2D eigenvalue weighted by Gasteiger charge is -2.14. The fraction of sp³-hybridized carbons (Fsp3) is 0.786. The van der Waals surface area contributed by atoms with E-state index in [1.807, 2.05) is 0 Å². The van der Waals surface area contributed by atoms with Gasteiger partial charge in [0.15, 0.2) is 15.0 Å². The van der Waals surface area contributed by atoms with Gasteiger partial charge in [-0.2, -0.15) is 0 Å². The smallest absolute Gasteiger partial charge is 0.230 e. The van der Waals surface area contributed by atoms with Gasteiger partial charge < -0.3 is 9.88 Å². The van der Waals surface area contributed by atoms with Gasteiger partial charge >= 0.3 is 0 Å². The van der Waals surface area contributed by atoms with Gasteiger partial charge in [0.05, 0.1) is 28.7 Å². The van der Waals surface area contributed by atoms with Crippen molar-refractivity contribution in [1.29, 1.82) is 0 Å². The van der Waals surface area contributed by atoms with Gasteiger partial charge in [0, 0.05) is 12.0 Å². The van der Waals surface area contributed by atoms with Gasteiger partial charge in [0.25, 0.3) is 0 Å². The number of thioether (sulfide) groups is 1. The van der Waals surface area contributed by atoms with Gasteiger partial charge in [-0.25, -0.2) is 8.42 Å². The minimum absolute atomic E-state index is 0.0760. The summed E-state index contributed by atoms with van der Waals surface area (Å²) in [5.74, 6) is 1.40. The van der Waals surface area contributed by atoms with Crippen LogP contribution in [0.25, 0.3) is 0 Å². The number of nitrogens with zero attached hydrogens (tertiary/aromatic N) is 3. The molecule has 2 saturated carbocycles. The lowest BCUT2D eigenvalue weighted by Crippen LogP contribution is -2.41. The Labute approximate surface area is 149 Å². The molecule has 1 saturated heterocycles. The van der Waals surface area contributed by atoms with E-state index in [4.69, 9.17) is 11.6 Å². The lowest BCUT2D eigenvalue weighted by molar-refractivity contribution is -0.119. The molecular weight excluding hydrogens is 372 g/mol. The Hall–Kier alpha value is -0.800. The van der Waals surface area contributed by atoms with Gasteiger partial charge in [-0.15, -0.1) is 21.8 Å². The van der Waals surface area contributed by atoms with Crippen LogP contribution >= 0.6 is 23.4 Å². The van der Waals surface area contributed by atoms with Crippen molar-refractivity contribution in [3.63, 3.8) is 0 Å². The summed E-state index contributed by atoms with van der Waals surface area (Å²) in [6.45, 7) is 0. The first-order valence-corrected chi connectivity index (χ1v) is 11.4. The number of carbonyl (C=O) groups is 1. The lowest BCUT2D eigenvalue weighted by atomic mass is 10.2. The molecule has 0 radical (unpaired) electrons. The molecule has 4 rings (SSSR count). The zero-order valence-electron chi connectivity index (χ0n) is 13.0. The highest BCUT2D eigenvalue weighted by Gasteiger charge is 2.38. The summed E-state index contributed by atoms with van der Waals surface area (Å²) in [5, 5.41) is 11.5. The van der Waals surface area contributed by atoms with Gasteiger partial charge in [-0.3, -0.25) is 4.79 Å². The Kier molecular flexibility index (Phi) is 4.29. The number of carbonyl (C=O) groups excluding carboxylic acids is 1. The molecule has 3 fully saturated rings. The molecule has 7 nitrogen and oxygen atoms in total. The van der Waals surface area contributed by atoms with Crippen molar-refractivity contribution in [2.45, 2.75) is 54.2 Å². The third kappa shape index (κ3) is 3.57. The Morgan fingerprint density at radius 2 is 2.00 bits per heavy atom. The summed E-state index contributed by atoms with van der Waals surface area (Å²) in [6.07, 6.45) is 4.63. The maximum atomic E-state index is 12.1. The largest absolute Gasteiger partial charge is 0.350 e. The van der Waals surface area contributed by atoms with E-state index >= 15 is 0 Å². The van der Waals surface area contributed by atoms with E-state index in [1.54, 1.807) is 0 Å². The van der Waals surface area contributed by atoms with Crippen molar-refractivity contribution in [3.8, 4) is 0 Å². The standard InChI is InChI=1S/C14H19ClN4O3S2/c15-10-6-24(21,22)7-11(10)16-12(20)5-23-14-18-17-13(8-1-2-8)19(14)9-3-4-9/h8-11H,1-7H2,(H,16,20)/t10-,11-/m1/s1. The highest BCUT2D eigenvalue weighted by molar-refractivity contribution is 7.99. The third-order valence-corrected chi connectivity index (χ3v) is 7.83. The SMILES string of the molecule is O=C(CSc1nnc(C2CC2)n1C1CC1)N[C@@H]1CS(=O)(=O)C[C@H]1Cl. The average molecular weight is 391 g/mol. The van der Waals surface area contributed by atoms with E-state index in [0.29, 0.717) is 12.0 Å². The minimum atomic E-state index is -3.15. The van der Waals surface area contributed by atoms with E-state index in [2.05, 4.69) is 20.1 Å². The molecule has 0 bridgehead atoms. The van der Waals surface area contributed by atoms with E-state index in [0.717, 1.165) is 23.8 Å². The topological polar surface area (TPSA) is 93.9 Å². The normalized spacial score (nSPS) is 28.9. The number of hydrogen-bond donors (Lipinski definition) is 1. The van der Waals surface area contributed by atoms with Gasteiger partial charge in [0.2, 0.25) is 5.91 Å². The molecule has 132 valence electrons. The van der Waals surface area contributed by atoms with E-state index < -0.39 is 21.3 Å². The molecule has 2 heterocycles. The number of sulfone groups is 1. The molecule has 0 unspecified atom stereocenters. The molecule has 24 heavy (non-hydrogen) atoms. The van der Waals surface area contributed by atoms with E-state index in [1.165, 1.54) is 24.6 Å². The molecule has 1 amide bonds. The van der Waals surface area contributed by atoms with Gasteiger partial charge in [0.1, 0.15) is 5.82 Å². The van der Waals surface area contributed by atoms with Crippen molar-refractivity contribution in [2.75, 3.05) is 17.3 Å². The second-order valence-corrected chi connectivity index (χ2v) is 10.4. The van der Waals surface area contributed by atoms with Crippen LogP contribution in [-0.2, 0) is 14.6 Å². The van der Waals surface area contributed by atoms with Crippen molar-refractivity contribution < 1.29 is 13.2 Å². The summed E-state index contributed by atoms with van der Waals surface area (Å²) in [7, 11) is -3.15. The first-order chi connectivity index (χ1) is 11.4. The second kappa shape index (κ2) is 6.17. The van der Waals surface area contributed by atoms with Crippen LogP contribution in [0, 0.1) is 0 Å². The predicted octanol–water partition coefficient (Wildman–Crippen LogP) is 1.10. The Morgan fingerprint density at radius 1 is 1.25 bits per heavy atom. The highest BCUT2D eigenvalue weighted by atomic mass is 35.5. The monoisotopic (exact) mass is 390 g/mol. The Bertz CT molecular complexity index is 758. The van der Waals surface area contributed by atoms with Crippen molar-refractivity contribution in [3.05, 3.63) is 5.82 Å². The number of nitrogens with one attached hydrogen (secondary N) is 1. The molecule has 1 aromatic rings. The van der Waals surface area contributed by atoms with Crippen molar-refractivity contribution in [2.24, 2.45) is 0 Å². The summed E-state index contributed by atoms with van der Waals surface area (Å²) in [5.41, 5.74) is 0. The number of rotatable bonds is 6. The van der Waals surface area contributed by atoms with Crippen LogP contribution in [0.4, 0.5) is 0 Å². The third-order valence-electron chi connectivity index (χ3n) is 4.51. The molecule has 0 aromatic carbocycles. The number of hydrogen-bond acceptors (Lipinski definition) is 6. The molecule has 1 aromatic heterocycles. The van der Waals surface area contributed by atoms with Crippen LogP contribution in [0.1, 0.15) is 43.5 Å². The molecule has 1 aliphatic heterocycles. The molecule has 1 N–H and O–H groups in total. The first kappa shape index (κ1) is 16.7.